The highest BCUT2D eigenvalue weighted by atomic mass is 19.3. The van der Waals surface area contributed by atoms with Crippen LogP contribution in [-0.4, -0.2) is 42.2 Å². The largest absolute Gasteiger partial charge is 0.459 e. The van der Waals surface area contributed by atoms with Gasteiger partial charge in [0.15, 0.2) is 6.29 Å². The lowest BCUT2D eigenvalue weighted by atomic mass is 10.0. The van der Waals surface area contributed by atoms with Crippen molar-refractivity contribution in [3.8, 4) is 22.6 Å². The minimum absolute atomic E-state index is 0.0312. The van der Waals surface area contributed by atoms with E-state index in [1.807, 2.05) is 66.5 Å². The topological polar surface area (TPSA) is 85.5 Å². The number of hydrogen-bond donors (Lipinski definition) is 1. The lowest BCUT2D eigenvalue weighted by Gasteiger charge is -2.28. The number of carbonyl (C=O) groups is 1. The molecule has 0 amide bonds. The predicted molar refractivity (Wildman–Crippen MR) is 140 cm³/mol. The van der Waals surface area contributed by atoms with Crippen LogP contribution in [0.15, 0.2) is 75.7 Å². The maximum absolute atomic E-state index is 12.4. The molecule has 0 saturated carbocycles. The molecule has 1 aliphatic rings. The number of pyridine rings is 1. The van der Waals surface area contributed by atoms with Gasteiger partial charge in [0.05, 0.1) is 17.8 Å². The van der Waals surface area contributed by atoms with Gasteiger partial charge in [0.1, 0.15) is 22.7 Å². The van der Waals surface area contributed by atoms with Gasteiger partial charge in [-0.25, -0.2) is 8.78 Å². The minimum atomic E-state index is -2.38. The lowest BCUT2D eigenvalue weighted by molar-refractivity contribution is -0.0504. The first-order valence-corrected chi connectivity index (χ1v) is 12.1. The Labute approximate surface area is 212 Å². The molecule has 1 fully saturated rings. The van der Waals surface area contributed by atoms with E-state index in [-0.39, 0.29) is 12.8 Å². The molecule has 1 aliphatic heterocycles. The van der Waals surface area contributed by atoms with Crippen LogP contribution in [-0.2, 0) is 6.54 Å². The third-order valence-electron chi connectivity index (χ3n) is 6.50. The Balaban J connectivity index is 0.000000265. The first kappa shape index (κ1) is 24.8. The molecular formula is C29H27F2N3O3. The summed E-state index contributed by atoms with van der Waals surface area (Å²) in [5.41, 5.74) is 10.4. The van der Waals surface area contributed by atoms with Gasteiger partial charge in [-0.05, 0) is 49.5 Å². The maximum Gasteiger partial charge on any atom is 0.250 e. The molecule has 0 radical (unpaired) electrons. The SMILES string of the molecule is CN1CCC(F)(F)CC1.NCc1cc2cc(-c3ccc(C=O)cn3)cc(-c3cc4ccccc4o3)c2o1. The molecule has 0 bridgehead atoms. The molecule has 4 heterocycles. The summed E-state index contributed by atoms with van der Waals surface area (Å²) in [4.78, 5) is 17.3. The summed E-state index contributed by atoms with van der Waals surface area (Å²) in [6, 6.07) is 19.4. The number of likely N-dealkylation sites (tertiary alicyclic amines) is 1. The minimum Gasteiger partial charge on any atom is -0.459 e. The van der Waals surface area contributed by atoms with Crippen LogP contribution >= 0.6 is 0 Å². The molecule has 0 atom stereocenters. The van der Waals surface area contributed by atoms with Crippen molar-refractivity contribution >= 4 is 28.2 Å². The fourth-order valence-electron chi connectivity index (χ4n) is 4.34. The Morgan fingerprint density at radius 3 is 2.46 bits per heavy atom. The Kier molecular flexibility index (Phi) is 6.86. The van der Waals surface area contributed by atoms with Gasteiger partial charge in [-0.1, -0.05) is 18.2 Å². The predicted octanol–water partition coefficient (Wildman–Crippen LogP) is 6.53. The number of aldehydes is 1. The van der Waals surface area contributed by atoms with Crippen LogP contribution in [0, 0.1) is 0 Å². The van der Waals surface area contributed by atoms with Crippen LogP contribution in [0.5, 0.6) is 0 Å². The lowest BCUT2D eigenvalue weighted by Crippen LogP contribution is -2.36. The van der Waals surface area contributed by atoms with Crippen LogP contribution in [0.3, 0.4) is 0 Å². The third-order valence-corrected chi connectivity index (χ3v) is 6.50. The zero-order valence-electron chi connectivity index (χ0n) is 20.4. The fraction of sp³-hybridized carbons (Fsp3) is 0.241. The van der Waals surface area contributed by atoms with Crippen molar-refractivity contribution in [2.45, 2.75) is 25.3 Å². The Morgan fingerprint density at radius 2 is 1.81 bits per heavy atom. The maximum atomic E-state index is 12.4. The summed E-state index contributed by atoms with van der Waals surface area (Å²) in [5.74, 6) is -0.962. The van der Waals surface area contributed by atoms with Crippen molar-refractivity contribution in [2.75, 3.05) is 20.1 Å². The van der Waals surface area contributed by atoms with Crippen molar-refractivity contribution in [1.82, 2.24) is 9.88 Å². The van der Waals surface area contributed by atoms with Crippen molar-refractivity contribution < 1.29 is 22.4 Å². The number of nitrogens with zero attached hydrogens (tertiary/aromatic N) is 2. The fourth-order valence-corrected chi connectivity index (χ4v) is 4.34. The summed E-state index contributed by atoms with van der Waals surface area (Å²) < 4.78 is 36.8. The Hall–Kier alpha value is -3.88. The molecule has 0 aliphatic carbocycles. The molecule has 2 aromatic carbocycles. The standard InChI is InChI=1S/C23H16N2O3.C6H11F2N/c24-11-18-8-17-7-16(20-6-5-14(13-26)12-25-20)9-19(23(17)27-18)22-10-15-3-1-2-4-21(15)28-22;1-9-4-2-6(7,8)3-5-9/h1-10,12-13H,11,24H2;2-5H2,1H3. The van der Waals surface area contributed by atoms with E-state index in [0.29, 0.717) is 31.0 Å². The Morgan fingerprint density at radius 1 is 1.03 bits per heavy atom. The van der Waals surface area contributed by atoms with E-state index in [4.69, 9.17) is 14.6 Å². The van der Waals surface area contributed by atoms with Crippen LogP contribution in [0.25, 0.3) is 44.5 Å². The molecule has 190 valence electrons. The molecule has 37 heavy (non-hydrogen) atoms. The van der Waals surface area contributed by atoms with Crippen LogP contribution in [0.2, 0.25) is 0 Å². The number of carbonyl (C=O) groups excluding carboxylic acids is 1. The second-order valence-corrected chi connectivity index (χ2v) is 9.26. The highest BCUT2D eigenvalue weighted by Gasteiger charge is 2.32. The molecule has 0 spiro atoms. The van der Waals surface area contributed by atoms with E-state index in [1.54, 1.807) is 12.3 Å². The molecule has 6 rings (SSSR count). The van der Waals surface area contributed by atoms with Gasteiger partial charge < -0.3 is 19.5 Å². The van der Waals surface area contributed by atoms with Crippen molar-refractivity contribution in [3.05, 3.63) is 78.2 Å². The number of nitrogens with two attached hydrogens (primary N) is 1. The van der Waals surface area contributed by atoms with Crippen molar-refractivity contribution in [1.29, 1.82) is 0 Å². The van der Waals surface area contributed by atoms with E-state index in [2.05, 4.69) is 4.98 Å². The molecule has 0 unspecified atom stereocenters. The number of piperidine rings is 1. The number of hydrogen-bond acceptors (Lipinski definition) is 6. The normalized spacial score (nSPS) is 15.5. The number of alkyl halides is 2. The summed E-state index contributed by atoms with van der Waals surface area (Å²) >= 11 is 0. The number of rotatable bonds is 4. The number of halogens is 2. The van der Waals surface area contributed by atoms with Crippen molar-refractivity contribution in [3.63, 3.8) is 0 Å². The number of fused-ring (bicyclic) bond motifs is 2. The smallest absolute Gasteiger partial charge is 0.250 e. The van der Waals surface area contributed by atoms with Crippen molar-refractivity contribution in [2.24, 2.45) is 5.73 Å². The molecule has 3 aromatic heterocycles. The summed E-state index contributed by atoms with van der Waals surface area (Å²) in [6.07, 6.45) is 2.41. The quantitative estimate of drug-likeness (QED) is 0.281. The molecule has 2 N–H and O–H groups in total. The monoisotopic (exact) mass is 503 g/mol. The third kappa shape index (κ3) is 5.45. The average Bonchev–Trinajstić information content (AvgIpc) is 3.54. The van der Waals surface area contributed by atoms with E-state index in [0.717, 1.165) is 50.8 Å². The summed E-state index contributed by atoms with van der Waals surface area (Å²) in [5, 5.41) is 1.95. The van der Waals surface area contributed by atoms with E-state index in [1.165, 1.54) is 0 Å². The Bertz CT molecular complexity index is 1500. The number of para-hydroxylation sites is 1. The molecular weight excluding hydrogens is 476 g/mol. The van der Waals surface area contributed by atoms with Gasteiger partial charge in [-0.2, -0.15) is 0 Å². The van der Waals surface area contributed by atoms with Gasteiger partial charge in [-0.3, -0.25) is 9.78 Å². The zero-order valence-corrected chi connectivity index (χ0v) is 20.4. The molecule has 8 heteroatoms. The highest BCUT2D eigenvalue weighted by molar-refractivity contribution is 5.97. The average molecular weight is 504 g/mol. The van der Waals surface area contributed by atoms with Crippen LogP contribution in [0.4, 0.5) is 8.78 Å². The van der Waals surface area contributed by atoms with Crippen LogP contribution in [0.1, 0.15) is 29.0 Å². The summed E-state index contributed by atoms with van der Waals surface area (Å²) in [7, 11) is 1.87. The second-order valence-electron chi connectivity index (χ2n) is 9.26. The first-order valence-electron chi connectivity index (χ1n) is 12.1. The van der Waals surface area contributed by atoms with Gasteiger partial charge in [0.25, 0.3) is 5.92 Å². The number of benzene rings is 2. The number of furan rings is 2. The van der Waals surface area contributed by atoms with E-state index in [9.17, 15) is 13.6 Å². The molecule has 6 nitrogen and oxygen atoms in total. The molecule has 5 aromatic rings. The first-order chi connectivity index (χ1) is 17.8. The van der Waals surface area contributed by atoms with E-state index >= 15 is 0 Å². The zero-order chi connectivity index (χ0) is 26.0. The van der Waals surface area contributed by atoms with Gasteiger partial charge in [0.2, 0.25) is 0 Å². The van der Waals surface area contributed by atoms with Gasteiger partial charge in [0, 0.05) is 54.0 Å². The van der Waals surface area contributed by atoms with Gasteiger partial charge in [-0.15, -0.1) is 0 Å². The van der Waals surface area contributed by atoms with Gasteiger partial charge >= 0.3 is 0 Å². The molecule has 1 saturated heterocycles. The highest BCUT2D eigenvalue weighted by Crippen LogP contribution is 2.37. The van der Waals surface area contributed by atoms with E-state index < -0.39 is 5.92 Å². The summed E-state index contributed by atoms with van der Waals surface area (Å²) in [6.45, 7) is 1.38. The number of aromatic nitrogens is 1. The second kappa shape index (κ2) is 10.2. The van der Waals surface area contributed by atoms with Crippen LogP contribution < -0.4 is 5.73 Å².